The van der Waals surface area contributed by atoms with Crippen LogP contribution in [0.3, 0.4) is 0 Å². The summed E-state index contributed by atoms with van der Waals surface area (Å²) in [5.74, 6) is -0.125. The maximum absolute atomic E-state index is 13.5. The molecule has 2 aromatic carbocycles. The Labute approximate surface area is 124 Å². The average Bonchev–Trinajstić information content (AvgIpc) is 2.40. The fraction of sp³-hybridized carbons (Fsp3) is 0.143. The van der Waals surface area contributed by atoms with Crippen LogP contribution < -0.4 is 10.1 Å². The Kier molecular flexibility index (Phi) is 4.66. The molecule has 0 spiro atoms. The molecule has 2 nitrogen and oxygen atoms in total. The summed E-state index contributed by atoms with van der Waals surface area (Å²) in [7, 11) is 1.44. The fourth-order valence-electron chi connectivity index (χ4n) is 1.66. The molecule has 19 heavy (non-hydrogen) atoms. The highest BCUT2D eigenvalue weighted by Crippen LogP contribution is 2.30. The van der Waals surface area contributed by atoms with Crippen LogP contribution in [0.15, 0.2) is 40.9 Å². The van der Waals surface area contributed by atoms with Crippen LogP contribution in [0.25, 0.3) is 0 Å². The van der Waals surface area contributed by atoms with E-state index in [1.807, 2.05) is 18.2 Å². The molecule has 0 saturated carbocycles. The summed E-state index contributed by atoms with van der Waals surface area (Å²) in [6, 6.07) is 10.4. The van der Waals surface area contributed by atoms with Crippen molar-refractivity contribution in [3.63, 3.8) is 0 Å². The third kappa shape index (κ3) is 3.39. The largest absolute Gasteiger partial charge is 0.494 e. The predicted molar refractivity (Wildman–Crippen MR) is 79.4 cm³/mol. The SMILES string of the molecule is COc1ccc(CNc2cccc(Cl)c2Br)cc1F. The highest BCUT2D eigenvalue weighted by atomic mass is 79.9. The highest BCUT2D eigenvalue weighted by Gasteiger charge is 2.05. The van der Waals surface area contributed by atoms with Crippen LogP contribution in [0.1, 0.15) is 5.56 Å². The van der Waals surface area contributed by atoms with Gasteiger partial charge in [-0.05, 0) is 45.8 Å². The molecule has 0 radical (unpaired) electrons. The van der Waals surface area contributed by atoms with Gasteiger partial charge in [0.25, 0.3) is 0 Å². The molecular formula is C14H12BrClFNO. The Hall–Kier alpha value is -1.26. The summed E-state index contributed by atoms with van der Waals surface area (Å²) in [6.07, 6.45) is 0. The summed E-state index contributed by atoms with van der Waals surface area (Å²) in [5.41, 5.74) is 1.69. The lowest BCUT2D eigenvalue weighted by Gasteiger charge is -2.10. The van der Waals surface area contributed by atoms with Gasteiger partial charge in [-0.1, -0.05) is 23.7 Å². The number of ether oxygens (including phenoxy) is 1. The number of rotatable bonds is 4. The molecule has 0 aromatic heterocycles. The summed E-state index contributed by atoms with van der Waals surface area (Å²) >= 11 is 9.40. The lowest BCUT2D eigenvalue weighted by molar-refractivity contribution is 0.386. The van der Waals surface area contributed by atoms with E-state index in [-0.39, 0.29) is 11.6 Å². The minimum Gasteiger partial charge on any atom is -0.494 e. The van der Waals surface area contributed by atoms with E-state index in [0.29, 0.717) is 11.6 Å². The molecule has 1 N–H and O–H groups in total. The standard InChI is InChI=1S/C14H12BrClFNO/c1-19-13-6-5-9(7-11(13)17)8-18-12-4-2-3-10(16)14(12)15/h2-7,18H,8H2,1H3. The van der Waals surface area contributed by atoms with Crippen molar-refractivity contribution in [3.8, 4) is 5.75 Å². The van der Waals surface area contributed by atoms with Crippen LogP contribution in [0.4, 0.5) is 10.1 Å². The fourth-order valence-corrected chi connectivity index (χ4v) is 2.24. The molecule has 0 heterocycles. The second-order valence-electron chi connectivity index (χ2n) is 3.92. The van der Waals surface area contributed by atoms with E-state index in [2.05, 4.69) is 21.2 Å². The van der Waals surface area contributed by atoms with E-state index in [1.165, 1.54) is 13.2 Å². The van der Waals surface area contributed by atoms with Gasteiger partial charge in [0.05, 0.1) is 22.3 Å². The van der Waals surface area contributed by atoms with E-state index in [1.54, 1.807) is 12.1 Å². The van der Waals surface area contributed by atoms with Gasteiger partial charge in [0.1, 0.15) is 0 Å². The lowest BCUT2D eigenvalue weighted by Crippen LogP contribution is -2.01. The molecule has 0 saturated heterocycles. The minimum atomic E-state index is -0.369. The third-order valence-corrected chi connectivity index (χ3v) is 4.05. The molecule has 0 unspecified atom stereocenters. The summed E-state index contributed by atoms with van der Waals surface area (Å²) in [5, 5.41) is 3.83. The van der Waals surface area contributed by atoms with Crippen molar-refractivity contribution in [1.29, 1.82) is 0 Å². The zero-order chi connectivity index (χ0) is 13.8. The topological polar surface area (TPSA) is 21.3 Å². The van der Waals surface area contributed by atoms with Crippen molar-refractivity contribution in [2.24, 2.45) is 0 Å². The molecule has 0 amide bonds. The molecule has 0 aliphatic carbocycles. The minimum absolute atomic E-state index is 0.243. The maximum Gasteiger partial charge on any atom is 0.165 e. The van der Waals surface area contributed by atoms with Crippen LogP contribution in [0.5, 0.6) is 5.75 Å². The van der Waals surface area contributed by atoms with E-state index >= 15 is 0 Å². The number of anilines is 1. The predicted octanol–water partition coefficient (Wildman–Crippen LogP) is 4.86. The monoisotopic (exact) mass is 343 g/mol. The maximum atomic E-state index is 13.5. The van der Waals surface area contributed by atoms with Crippen LogP contribution >= 0.6 is 27.5 Å². The molecule has 0 aliphatic rings. The van der Waals surface area contributed by atoms with Gasteiger partial charge in [0.2, 0.25) is 0 Å². The van der Waals surface area contributed by atoms with Gasteiger partial charge in [-0.25, -0.2) is 4.39 Å². The normalized spacial score (nSPS) is 10.3. The van der Waals surface area contributed by atoms with Crippen molar-refractivity contribution in [3.05, 3.63) is 57.3 Å². The summed E-state index contributed by atoms with van der Waals surface area (Å²) < 4.78 is 19.2. The van der Waals surface area contributed by atoms with Gasteiger partial charge in [0, 0.05) is 6.54 Å². The number of nitrogens with one attached hydrogen (secondary N) is 1. The molecule has 0 fully saturated rings. The van der Waals surface area contributed by atoms with Crippen LogP contribution in [-0.2, 0) is 6.54 Å². The van der Waals surface area contributed by atoms with Gasteiger partial charge in [-0.15, -0.1) is 0 Å². The quantitative estimate of drug-likeness (QED) is 0.855. The molecule has 2 aromatic rings. The molecule has 2 rings (SSSR count). The zero-order valence-electron chi connectivity index (χ0n) is 10.2. The van der Waals surface area contributed by atoms with Gasteiger partial charge < -0.3 is 10.1 Å². The zero-order valence-corrected chi connectivity index (χ0v) is 12.6. The number of hydrogen-bond acceptors (Lipinski definition) is 2. The van der Waals surface area contributed by atoms with E-state index < -0.39 is 0 Å². The Morgan fingerprint density at radius 3 is 2.79 bits per heavy atom. The van der Waals surface area contributed by atoms with Gasteiger partial charge in [-0.2, -0.15) is 0 Å². The molecular weight excluding hydrogens is 333 g/mol. The molecule has 0 bridgehead atoms. The van der Waals surface area contributed by atoms with Crippen LogP contribution in [-0.4, -0.2) is 7.11 Å². The Morgan fingerprint density at radius 1 is 1.32 bits per heavy atom. The number of methoxy groups -OCH3 is 1. The summed E-state index contributed by atoms with van der Waals surface area (Å²) in [4.78, 5) is 0. The van der Waals surface area contributed by atoms with E-state index in [9.17, 15) is 4.39 Å². The van der Waals surface area contributed by atoms with Gasteiger partial charge >= 0.3 is 0 Å². The smallest absolute Gasteiger partial charge is 0.165 e. The van der Waals surface area contributed by atoms with E-state index in [0.717, 1.165) is 15.7 Å². The van der Waals surface area contributed by atoms with Crippen molar-refractivity contribution in [2.45, 2.75) is 6.54 Å². The van der Waals surface area contributed by atoms with Crippen molar-refractivity contribution >= 4 is 33.2 Å². The van der Waals surface area contributed by atoms with Gasteiger partial charge in [-0.3, -0.25) is 0 Å². The molecule has 0 aliphatic heterocycles. The number of hydrogen-bond donors (Lipinski definition) is 1. The second-order valence-corrected chi connectivity index (χ2v) is 5.12. The average molecular weight is 345 g/mol. The van der Waals surface area contributed by atoms with Crippen molar-refractivity contribution in [1.82, 2.24) is 0 Å². The van der Waals surface area contributed by atoms with Crippen molar-refractivity contribution < 1.29 is 9.13 Å². The number of halogens is 3. The molecule has 5 heteroatoms. The van der Waals surface area contributed by atoms with Crippen LogP contribution in [0.2, 0.25) is 5.02 Å². The molecule has 0 atom stereocenters. The first kappa shape index (κ1) is 14.2. The lowest BCUT2D eigenvalue weighted by atomic mass is 10.2. The Balaban J connectivity index is 2.10. The Bertz CT molecular complexity index is 592. The first-order chi connectivity index (χ1) is 9.11. The van der Waals surface area contributed by atoms with E-state index in [4.69, 9.17) is 16.3 Å². The van der Waals surface area contributed by atoms with Crippen LogP contribution in [0, 0.1) is 5.82 Å². The second kappa shape index (κ2) is 6.26. The van der Waals surface area contributed by atoms with Gasteiger partial charge in [0.15, 0.2) is 11.6 Å². The Morgan fingerprint density at radius 2 is 2.11 bits per heavy atom. The molecule has 100 valence electrons. The highest BCUT2D eigenvalue weighted by molar-refractivity contribution is 9.10. The van der Waals surface area contributed by atoms with Crippen molar-refractivity contribution in [2.75, 3.05) is 12.4 Å². The first-order valence-electron chi connectivity index (χ1n) is 5.62. The summed E-state index contributed by atoms with van der Waals surface area (Å²) in [6.45, 7) is 0.500. The first-order valence-corrected chi connectivity index (χ1v) is 6.79. The third-order valence-electron chi connectivity index (χ3n) is 2.65. The number of benzene rings is 2.